The van der Waals surface area contributed by atoms with Crippen LogP contribution in [-0.4, -0.2) is 16.5 Å². The van der Waals surface area contributed by atoms with Gasteiger partial charge >= 0.3 is 0 Å². The van der Waals surface area contributed by atoms with Gasteiger partial charge in [0.05, 0.1) is 11.7 Å². The zero-order valence-electron chi connectivity index (χ0n) is 8.57. The minimum absolute atomic E-state index is 0.0376. The monoisotopic (exact) mass is 241 g/mol. The van der Waals surface area contributed by atoms with Gasteiger partial charge in [0.25, 0.3) is 0 Å². The van der Waals surface area contributed by atoms with Gasteiger partial charge in [0.1, 0.15) is 6.07 Å². The number of thioether (sulfide) groups is 1. The second-order valence-corrected chi connectivity index (χ2v) is 5.17. The van der Waals surface area contributed by atoms with E-state index in [1.54, 1.807) is 25.1 Å². The molecule has 4 heteroatoms. The van der Waals surface area contributed by atoms with Gasteiger partial charge in [-0.1, -0.05) is 18.5 Å². The molecule has 80 valence electrons. The normalized spacial score (nSPS) is 14.3. The zero-order valence-corrected chi connectivity index (χ0v) is 10.1. The van der Waals surface area contributed by atoms with E-state index < -0.39 is 6.10 Å². The van der Waals surface area contributed by atoms with E-state index in [1.165, 1.54) is 11.8 Å². The quantitative estimate of drug-likeness (QED) is 0.828. The summed E-state index contributed by atoms with van der Waals surface area (Å²) in [6.45, 7) is 3.64. The Morgan fingerprint density at radius 1 is 1.47 bits per heavy atom. The number of halogens is 1. The van der Waals surface area contributed by atoms with E-state index >= 15 is 0 Å². The number of aliphatic hydroxyl groups excluding tert-OH is 1. The maximum absolute atomic E-state index is 9.38. The number of benzene rings is 1. The molecule has 0 aliphatic heterocycles. The average molecular weight is 242 g/mol. The highest BCUT2D eigenvalue weighted by Crippen LogP contribution is 2.30. The Hall–Kier alpha value is -0.690. The largest absolute Gasteiger partial charge is 0.392 e. The Morgan fingerprint density at radius 2 is 2.13 bits per heavy atom. The molecule has 1 N–H and O–H groups in total. The molecule has 2 nitrogen and oxygen atoms in total. The Kier molecular flexibility index (Phi) is 4.46. The van der Waals surface area contributed by atoms with E-state index in [2.05, 4.69) is 6.07 Å². The predicted octanol–water partition coefficient (Wildman–Crippen LogP) is 3.07. The molecule has 0 bridgehead atoms. The summed E-state index contributed by atoms with van der Waals surface area (Å²) in [7, 11) is 0. The Balaban J connectivity index is 2.93. The summed E-state index contributed by atoms with van der Waals surface area (Å²) in [5.74, 6) is 0. The average Bonchev–Trinajstić information content (AvgIpc) is 2.18. The van der Waals surface area contributed by atoms with Crippen LogP contribution in [0.15, 0.2) is 23.1 Å². The van der Waals surface area contributed by atoms with Crippen LogP contribution in [0, 0.1) is 11.3 Å². The van der Waals surface area contributed by atoms with Crippen LogP contribution in [0.3, 0.4) is 0 Å². The van der Waals surface area contributed by atoms with Gasteiger partial charge < -0.3 is 5.11 Å². The molecule has 0 saturated heterocycles. The highest BCUT2D eigenvalue weighted by molar-refractivity contribution is 8.00. The van der Waals surface area contributed by atoms with Crippen molar-refractivity contribution in [3.05, 3.63) is 28.8 Å². The summed E-state index contributed by atoms with van der Waals surface area (Å²) in [6.07, 6.45) is -0.416. The van der Waals surface area contributed by atoms with E-state index in [9.17, 15) is 5.11 Å². The summed E-state index contributed by atoms with van der Waals surface area (Å²) >= 11 is 7.31. The molecule has 0 fully saturated rings. The summed E-state index contributed by atoms with van der Waals surface area (Å²) in [6, 6.07) is 7.25. The lowest BCUT2D eigenvalue weighted by atomic mass is 10.2. The fraction of sp³-hybridized carbons (Fsp3) is 0.364. The highest BCUT2D eigenvalue weighted by Gasteiger charge is 2.13. The van der Waals surface area contributed by atoms with E-state index in [1.807, 2.05) is 6.92 Å². The van der Waals surface area contributed by atoms with Crippen LogP contribution < -0.4 is 0 Å². The van der Waals surface area contributed by atoms with E-state index in [0.29, 0.717) is 10.6 Å². The highest BCUT2D eigenvalue weighted by atomic mass is 35.5. The second kappa shape index (κ2) is 5.41. The van der Waals surface area contributed by atoms with Crippen molar-refractivity contribution in [1.82, 2.24) is 0 Å². The third-order valence-corrected chi connectivity index (χ3v) is 3.65. The van der Waals surface area contributed by atoms with Crippen LogP contribution in [0.1, 0.15) is 19.4 Å². The molecular formula is C11H12ClNOS. The van der Waals surface area contributed by atoms with Gasteiger partial charge in [-0.25, -0.2) is 0 Å². The van der Waals surface area contributed by atoms with Crippen LogP contribution in [0.2, 0.25) is 5.02 Å². The van der Waals surface area contributed by atoms with Crippen LogP contribution in [0.25, 0.3) is 0 Å². The molecule has 0 saturated carbocycles. The van der Waals surface area contributed by atoms with E-state index in [0.717, 1.165) is 4.90 Å². The fourth-order valence-electron chi connectivity index (χ4n) is 0.985. The van der Waals surface area contributed by atoms with Gasteiger partial charge in [-0.05, 0) is 25.1 Å². The number of hydrogen-bond donors (Lipinski definition) is 1. The first kappa shape index (κ1) is 12.4. The van der Waals surface area contributed by atoms with E-state index in [4.69, 9.17) is 16.9 Å². The van der Waals surface area contributed by atoms with Gasteiger partial charge in [-0.15, -0.1) is 11.8 Å². The lowest BCUT2D eigenvalue weighted by Gasteiger charge is -2.14. The van der Waals surface area contributed by atoms with Crippen molar-refractivity contribution in [3.63, 3.8) is 0 Å². The van der Waals surface area contributed by atoms with Crippen molar-refractivity contribution in [2.45, 2.75) is 30.1 Å². The third-order valence-electron chi connectivity index (χ3n) is 2.06. The van der Waals surface area contributed by atoms with Crippen molar-refractivity contribution >= 4 is 23.4 Å². The van der Waals surface area contributed by atoms with Crippen molar-refractivity contribution < 1.29 is 5.11 Å². The Labute approximate surface area is 98.9 Å². The molecule has 0 radical (unpaired) electrons. The minimum atomic E-state index is -0.416. The van der Waals surface area contributed by atoms with Crippen molar-refractivity contribution in [3.8, 4) is 6.07 Å². The van der Waals surface area contributed by atoms with Crippen molar-refractivity contribution in [2.24, 2.45) is 0 Å². The first-order valence-corrected chi connectivity index (χ1v) is 5.84. The summed E-state index contributed by atoms with van der Waals surface area (Å²) < 4.78 is 0. The molecule has 15 heavy (non-hydrogen) atoms. The molecule has 0 aliphatic rings. The smallest absolute Gasteiger partial charge is 0.100 e. The molecule has 0 aromatic heterocycles. The van der Waals surface area contributed by atoms with Gasteiger partial charge in [-0.2, -0.15) is 5.26 Å². The topological polar surface area (TPSA) is 44.0 Å². The summed E-state index contributed by atoms with van der Waals surface area (Å²) in [5, 5.41) is 18.9. The van der Waals surface area contributed by atoms with Crippen LogP contribution >= 0.6 is 23.4 Å². The maximum atomic E-state index is 9.38. The number of rotatable bonds is 3. The maximum Gasteiger partial charge on any atom is 0.100 e. The Morgan fingerprint density at radius 3 is 2.67 bits per heavy atom. The molecule has 0 heterocycles. The molecular weight excluding hydrogens is 230 g/mol. The SMILES string of the molecule is CC(O)C(C)Sc1cc(Cl)ccc1C#N. The van der Waals surface area contributed by atoms with Crippen molar-refractivity contribution in [1.29, 1.82) is 5.26 Å². The van der Waals surface area contributed by atoms with Gasteiger partial charge in [0, 0.05) is 15.2 Å². The minimum Gasteiger partial charge on any atom is -0.392 e. The molecule has 0 spiro atoms. The van der Waals surface area contributed by atoms with Gasteiger partial charge in [0.15, 0.2) is 0 Å². The number of nitriles is 1. The molecule has 1 aromatic carbocycles. The number of nitrogens with zero attached hydrogens (tertiary/aromatic N) is 1. The summed E-state index contributed by atoms with van der Waals surface area (Å²) in [5.41, 5.74) is 0.594. The molecule has 1 rings (SSSR count). The molecule has 2 unspecified atom stereocenters. The van der Waals surface area contributed by atoms with Gasteiger partial charge in [-0.3, -0.25) is 0 Å². The lowest BCUT2D eigenvalue weighted by molar-refractivity contribution is 0.196. The fourth-order valence-corrected chi connectivity index (χ4v) is 2.25. The zero-order chi connectivity index (χ0) is 11.4. The van der Waals surface area contributed by atoms with Gasteiger partial charge in [0.2, 0.25) is 0 Å². The predicted molar refractivity (Wildman–Crippen MR) is 63.2 cm³/mol. The molecule has 0 amide bonds. The first-order chi connectivity index (χ1) is 7.04. The third kappa shape index (κ3) is 3.42. The van der Waals surface area contributed by atoms with Crippen LogP contribution in [0.5, 0.6) is 0 Å². The van der Waals surface area contributed by atoms with Crippen LogP contribution in [0.4, 0.5) is 0 Å². The second-order valence-electron chi connectivity index (χ2n) is 3.32. The van der Waals surface area contributed by atoms with E-state index in [-0.39, 0.29) is 5.25 Å². The molecule has 2 atom stereocenters. The summed E-state index contributed by atoms with van der Waals surface area (Å²) in [4.78, 5) is 0.818. The molecule has 0 aliphatic carbocycles. The van der Waals surface area contributed by atoms with Crippen molar-refractivity contribution in [2.75, 3.05) is 0 Å². The number of hydrogen-bond acceptors (Lipinski definition) is 3. The first-order valence-electron chi connectivity index (χ1n) is 4.59. The van der Waals surface area contributed by atoms with Crippen LogP contribution in [-0.2, 0) is 0 Å². The molecule has 1 aromatic rings. The standard InChI is InChI=1S/C11H12ClNOS/c1-7(14)8(2)15-11-5-10(12)4-3-9(11)6-13/h3-5,7-8,14H,1-2H3. The Bertz CT molecular complexity index is 387. The lowest BCUT2D eigenvalue weighted by Crippen LogP contribution is -2.15. The number of aliphatic hydroxyl groups is 1.